The van der Waals surface area contributed by atoms with E-state index in [9.17, 15) is 14.7 Å². The number of fused-ring (bicyclic) bond motifs is 1. The first-order valence-corrected chi connectivity index (χ1v) is 7.33. The van der Waals surface area contributed by atoms with Gasteiger partial charge < -0.3 is 5.11 Å². The topological polar surface area (TPSA) is 73.7 Å². The summed E-state index contributed by atoms with van der Waals surface area (Å²) in [6.45, 7) is 4.39. The SMILES string of the molecule is CN1CN(c2nc3c(s2)C(=O)CC(C)(C)C3)C(=O)C1O. The van der Waals surface area contributed by atoms with Gasteiger partial charge in [-0.05, 0) is 18.9 Å². The summed E-state index contributed by atoms with van der Waals surface area (Å²) in [5.74, 6) is -0.286. The molecule has 1 fully saturated rings. The molecule has 1 N–H and O–H groups in total. The van der Waals surface area contributed by atoms with Gasteiger partial charge in [-0.3, -0.25) is 19.4 Å². The summed E-state index contributed by atoms with van der Waals surface area (Å²) in [5, 5.41) is 10.2. The largest absolute Gasteiger partial charge is 0.370 e. The summed E-state index contributed by atoms with van der Waals surface area (Å²) in [6, 6.07) is 0. The van der Waals surface area contributed by atoms with Crippen molar-refractivity contribution in [2.24, 2.45) is 5.41 Å². The van der Waals surface area contributed by atoms with Gasteiger partial charge in [-0.15, -0.1) is 0 Å². The molecule has 7 heteroatoms. The number of aliphatic hydroxyl groups excluding tert-OH is 1. The molecule has 1 aromatic rings. The number of carbonyl (C=O) groups is 2. The van der Waals surface area contributed by atoms with Gasteiger partial charge in [0, 0.05) is 6.42 Å². The Morgan fingerprint density at radius 3 is 2.65 bits per heavy atom. The third kappa shape index (κ3) is 2.06. The summed E-state index contributed by atoms with van der Waals surface area (Å²) in [7, 11) is 1.67. The van der Waals surface area contributed by atoms with Crippen LogP contribution in [-0.2, 0) is 11.2 Å². The van der Waals surface area contributed by atoms with Crippen LogP contribution in [0.15, 0.2) is 0 Å². The van der Waals surface area contributed by atoms with Crippen LogP contribution in [0.25, 0.3) is 0 Å². The Morgan fingerprint density at radius 2 is 2.05 bits per heavy atom. The van der Waals surface area contributed by atoms with E-state index in [1.165, 1.54) is 21.1 Å². The second-order valence-electron chi connectivity index (χ2n) is 6.25. The van der Waals surface area contributed by atoms with Crippen LogP contribution in [0.4, 0.5) is 5.13 Å². The summed E-state index contributed by atoms with van der Waals surface area (Å²) >= 11 is 1.26. The molecule has 0 radical (unpaired) electrons. The predicted molar refractivity (Wildman–Crippen MR) is 74.7 cm³/mol. The Kier molecular flexibility index (Phi) is 2.97. The zero-order valence-corrected chi connectivity index (χ0v) is 12.5. The van der Waals surface area contributed by atoms with Crippen LogP contribution >= 0.6 is 11.3 Å². The normalized spacial score (nSPS) is 26.2. The lowest BCUT2D eigenvalue weighted by molar-refractivity contribution is -0.128. The third-order valence-corrected chi connectivity index (χ3v) is 4.89. The van der Waals surface area contributed by atoms with E-state index in [0.29, 0.717) is 23.1 Å². The predicted octanol–water partition coefficient (Wildman–Crippen LogP) is 0.853. The number of ketones is 1. The van der Waals surface area contributed by atoms with Crippen molar-refractivity contribution in [3.8, 4) is 0 Å². The smallest absolute Gasteiger partial charge is 0.274 e. The zero-order valence-electron chi connectivity index (χ0n) is 11.7. The van der Waals surface area contributed by atoms with E-state index in [4.69, 9.17) is 0 Å². The molecule has 1 saturated heterocycles. The van der Waals surface area contributed by atoms with Crippen LogP contribution in [0.1, 0.15) is 35.6 Å². The Hall–Kier alpha value is -1.31. The number of hydrogen-bond donors (Lipinski definition) is 1. The number of amides is 1. The second-order valence-corrected chi connectivity index (χ2v) is 7.23. The number of likely N-dealkylation sites (N-methyl/N-ethyl adjacent to an activating group) is 1. The molecule has 2 heterocycles. The lowest BCUT2D eigenvalue weighted by Gasteiger charge is -2.26. The van der Waals surface area contributed by atoms with Crippen molar-refractivity contribution < 1.29 is 14.7 Å². The van der Waals surface area contributed by atoms with Gasteiger partial charge in [0.1, 0.15) is 0 Å². The molecule has 6 nitrogen and oxygen atoms in total. The summed E-state index contributed by atoms with van der Waals surface area (Å²) in [5.41, 5.74) is 0.698. The van der Waals surface area contributed by atoms with Crippen molar-refractivity contribution in [3.05, 3.63) is 10.6 Å². The highest BCUT2D eigenvalue weighted by Gasteiger charge is 2.39. The van der Waals surface area contributed by atoms with Crippen molar-refractivity contribution in [1.82, 2.24) is 9.88 Å². The molecule has 1 aliphatic carbocycles. The minimum absolute atomic E-state index is 0.0826. The highest BCUT2D eigenvalue weighted by molar-refractivity contribution is 7.17. The molecule has 1 unspecified atom stereocenters. The standard InChI is InChI=1S/C13H17N3O3S/c1-13(2)4-7-9(8(17)5-13)20-12(14-7)16-6-15(3)10(18)11(16)19/h10,18H,4-6H2,1-3H3. The van der Waals surface area contributed by atoms with Crippen molar-refractivity contribution in [3.63, 3.8) is 0 Å². The molecule has 3 rings (SSSR count). The second kappa shape index (κ2) is 4.34. The Balaban J connectivity index is 1.95. The van der Waals surface area contributed by atoms with Crippen LogP contribution in [0.3, 0.4) is 0 Å². The molecule has 1 atom stereocenters. The van der Waals surface area contributed by atoms with Crippen molar-refractivity contribution in [2.75, 3.05) is 18.6 Å². The first-order chi connectivity index (χ1) is 9.28. The number of aliphatic hydroxyl groups is 1. The molecule has 0 saturated carbocycles. The number of rotatable bonds is 1. The monoisotopic (exact) mass is 295 g/mol. The molecule has 0 aromatic carbocycles. The average Bonchev–Trinajstić information content (AvgIpc) is 2.85. The number of hydrogen-bond acceptors (Lipinski definition) is 6. The Bertz CT molecular complexity index is 596. The van der Waals surface area contributed by atoms with Gasteiger partial charge in [-0.25, -0.2) is 4.98 Å². The summed E-state index contributed by atoms with van der Waals surface area (Å²) in [4.78, 5) is 32.2. The van der Waals surface area contributed by atoms with Gasteiger partial charge in [0.25, 0.3) is 5.91 Å². The zero-order chi connectivity index (χ0) is 14.7. The van der Waals surface area contributed by atoms with Crippen LogP contribution in [0.2, 0.25) is 0 Å². The van der Waals surface area contributed by atoms with Crippen molar-refractivity contribution >= 4 is 28.2 Å². The summed E-state index contributed by atoms with van der Waals surface area (Å²) < 4.78 is 0. The number of carbonyl (C=O) groups excluding carboxylic acids is 2. The van der Waals surface area contributed by atoms with E-state index < -0.39 is 6.23 Å². The number of anilines is 1. The number of thiazole rings is 1. The van der Waals surface area contributed by atoms with Crippen LogP contribution in [-0.4, -0.2) is 46.6 Å². The summed E-state index contributed by atoms with van der Waals surface area (Å²) in [6.07, 6.45) is 0.131. The molecule has 1 amide bonds. The fourth-order valence-electron chi connectivity index (χ4n) is 2.68. The Morgan fingerprint density at radius 1 is 1.35 bits per heavy atom. The molecule has 0 bridgehead atoms. The van der Waals surface area contributed by atoms with Gasteiger partial charge in [0.15, 0.2) is 17.1 Å². The van der Waals surface area contributed by atoms with E-state index in [0.717, 1.165) is 12.1 Å². The fourth-order valence-corrected chi connectivity index (χ4v) is 3.69. The van der Waals surface area contributed by atoms with E-state index in [2.05, 4.69) is 4.98 Å². The highest BCUT2D eigenvalue weighted by atomic mass is 32.1. The lowest BCUT2D eigenvalue weighted by Crippen LogP contribution is -2.30. The Labute approximate surface area is 121 Å². The molecule has 0 spiro atoms. The number of nitrogens with zero attached hydrogens (tertiary/aromatic N) is 3. The highest BCUT2D eigenvalue weighted by Crippen LogP contribution is 2.39. The number of Topliss-reactive ketones (excluding diaryl/α,β-unsaturated/α-hetero) is 1. The van der Waals surface area contributed by atoms with Crippen LogP contribution < -0.4 is 4.90 Å². The first-order valence-electron chi connectivity index (χ1n) is 6.51. The maximum atomic E-state index is 12.1. The molecular formula is C13H17N3O3S. The molecular weight excluding hydrogens is 278 g/mol. The molecule has 1 aliphatic heterocycles. The van der Waals surface area contributed by atoms with E-state index in [1.54, 1.807) is 7.05 Å². The van der Waals surface area contributed by atoms with Gasteiger partial charge in [-0.2, -0.15) is 0 Å². The lowest BCUT2D eigenvalue weighted by atomic mass is 9.78. The average molecular weight is 295 g/mol. The third-order valence-electron chi connectivity index (χ3n) is 3.72. The van der Waals surface area contributed by atoms with Gasteiger partial charge >= 0.3 is 0 Å². The minimum Gasteiger partial charge on any atom is -0.370 e. The quantitative estimate of drug-likeness (QED) is 0.831. The van der Waals surface area contributed by atoms with E-state index >= 15 is 0 Å². The van der Waals surface area contributed by atoms with E-state index in [-0.39, 0.29) is 17.1 Å². The fraction of sp³-hybridized carbons (Fsp3) is 0.615. The van der Waals surface area contributed by atoms with Gasteiger partial charge in [0.2, 0.25) is 0 Å². The van der Waals surface area contributed by atoms with Crippen LogP contribution in [0.5, 0.6) is 0 Å². The maximum absolute atomic E-state index is 12.1. The molecule has 1 aromatic heterocycles. The van der Waals surface area contributed by atoms with Crippen molar-refractivity contribution in [1.29, 1.82) is 0 Å². The number of aromatic nitrogens is 1. The van der Waals surface area contributed by atoms with Gasteiger partial charge in [0.05, 0.1) is 17.2 Å². The van der Waals surface area contributed by atoms with Crippen molar-refractivity contribution in [2.45, 2.75) is 32.9 Å². The van der Waals surface area contributed by atoms with Crippen LogP contribution in [0, 0.1) is 5.41 Å². The first kappa shape index (κ1) is 13.7. The van der Waals surface area contributed by atoms with Gasteiger partial charge in [-0.1, -0.05) is 25.2 Å². The van der Waals surface area contributed by atoms with E-state index in [1.807, 2.05) is 13.8 Å². The maximum Gasteiger partial charge on any atom is 0.274 e. The molecule has 2 aliphatic rings. The molecule has 108 valence electrons. The molecule has 20 heavy (non-hydrogen) atoms. The minimum atomic E-state index is -1.12.